The fraction of sp³-hybridized carbons (Fsp3) is 0.333. The van der Waals surface area contributed by atoms with Crippen LogP contribution in [-0.4, -0.2) is 51.8 Å². The Morgan fingerprint density at radius 2 is 1.70 bits per heavy atom. The lowest BCUT2D eigenvalue weighted by Crippen LogP contribution is -2.40. The van der Waals surface area contributed by atoms with Crippen LogP contribution in [0.4, 0.5) is 22.4 Å². The molecule has 14 heteroatoms. The van der Waals surface area contributed by atoms with Gasteiger partial charge in [-0.05, 0) is 70.0 Å². The molecule has 1 amide bonds. The number of carbonyl (C=O) groups excluding carboxylic acids is 1. The zero-order valence-electron chi connectivity index (χ0n) is 24.6. The van der Waals surface area contributed by atoms with Crippen LogP contribution >= 0.6 is 0 Å². The molecule has 0 saturated heterocycles. The highest BCUT2D eigenvalue weighted by molar-refractivity contribution is 5.82. The number of carbonyl (C=O) groups is 1. The van der Waals surface area contributed by atoms with Crippen LogP contribution in [0.25, 0.3) is 28.1 Å². The molecule has 0 saturated carbocycles. The molecule has 0 radical (unpaired) electrons. The largest absolute Gasteiger partial charge is 0.444 e. The van der Waals surface area contributed by atoms with Gasteiger partial charge >= 0.3 is 18.3 Å². The third kappa shape index (κ3) is 4.83. The summed E-state index contributed by atoms with van der Waals surface area (Å²) >= 11 is 0. The Morgan fingerprint density at radius 3 is 2.36 bits per heavy atom. The number of amides is 1. The number of aromatic nitrogens is 6. The van der Waals surface area contributed by atoms with Crippen molar-refractivity contribution in [3.63, 3.8) is 0 Å². The number of nitrogens with zero attached hydrogens (tertiary/aromatic N) is 7. The molecule has 5 aromatic rings. The third-order valence-electron chi connectivity index (χ3n) is 7.47. The normalized spacial score (nSPS) is 13.6. The summed E-state index contributed by atoms with van der Waals surface area (Å²) in [7, 11) is 0. The number of fused-ring (bicyclic) bond motifs is 2. The van der Waals surface area contributed by atoms with E-state index in [4.69, 9.17) is 9.84 Å². The molecule has 230 valence electrons. The Hall–Kier alpha value is -4.88. The lowest BCUT2D eigenvalue weighted by molar-refractivity contribution is 0.0223. The van der Waals surface area contributed by atoms with Gasteiger partial charge in [0.15, 0.2) is 5.82 Å². The Labute approximate surface area is 248 Å². The third-order valence-corrected chi connectivity index (χ3v) is 7.47. The predicted molar refractivity (Wildman–Crippen MR) is 153 cm³/mol. The molecular weight excluding hydrogens is 582 g/mol. The van der Waals surface area contributed by atoms with Crippen molar-refractivity contribution in [3.05, 3.63) is 87.4 Å². The minimum absolute atomic E-state index is 0.0729. The van der Waals surface area contributed by atoms with E-state index < -0.39 is 29.8 Å². The molecule has 1 aliphatic rings. The fourth-order valence-corrected chi connectivity index (χ4v) is 5.45. The zero-order valence-corrected chi connectivity index (χ0v) is 24.6. The van der Waals surface area contributed by atoms with E-state index in [0.29, 0.717) is 45.7 Å². The number of rotatable bonds is 4. The minimum Gasteiger partial charge on any atom is -0.444 e. The highest BCUT2D eigenvalue weighted by Gasteiger charge is 2.32. The van der Waals surface area contributed by atoms with Gasteiger partial charge < -0.3 is 9.64 Å². The maximum atomic E-state index is 15.6. The monoisotopic (exact) mass is 611 g/mol. The van der Waals surface area contributed by atoms with Crippen LogP contribution in [0.1, 0.15) is 49.7 Å². The van der Waals surface area contributed by atoms with Crippen molar-refractivity contribution < 1.29 is 27.1 Å². The second-order valence-corrected chi connectivity index (χ2v) is 11.7. The molecule has 1 aliphatic heterocycles. The number of aryl methyl sites for hydroxylation is 2. The summed E-state index contributed by atoms with van der Waals surface area (Å²) in [5, 5.41) is 8.17. The quantitative estimate of drug-likeness (QED) is 0.242. The van der Waals surface area contributed by atoms with Crippen LogP contribution in [0.3, 0.4) is 0 Å². The van der Waals surface area contributed by atoms with E-state index >= 15 is 4.39 Å². The topological polar surface area (TPSA) is 92.1 Å². The van der Waals surface area contributed by atoms with Crippen molar-refractivity contribution >= 4 is 17.0 Å². The van der Waals surface area contributed by atoms with Gasteiger partial charge in [-0.2, -0.15) is 19.0 Å². The molecular formula is C30H29F4N7O3. The molecule has 0 atom stereocenters. The van der Waals surface area contributed by atoms with Gasteiger partial charge in [-0.1, -0.05) is 0 Å². The van der Waals surface area contributed by atoms with Gasteiger partial charge in [0.2, 0.25) is 0 Å². The van der Waals surface area contributed by atoms with E-state index in [2.05, 4.69) is 5.10 Å². The first-order valence-electron chi connectivity index (χ1n) is 13.9. The number of benzene rings is 2. The summed E-state index contributed by atoms with van der Waals surface area (Å²) in [6.07, 6.45) is 3.60. The number of hydrogen-bond acceptors (Lipinski definition) is 5. The average Bonchev–Trinajstić information content (AvgIpc) is 3.65. The Kier molecular flexibility index (Phi) is 6.89. The summed E-state index contributed by atoms with van der Waals surface area (Å²) < 4.78 is 66.6. The summed E-state index contributed by atoms with van der Waals surface area (Å²) in [4.78, 5) is 28.4. The second kappa shape index (κ2) is 10.4. The van der Waals surface area contributed by atoms with Gasteiger partial charge in [-0.3, -0.25) is 9.13 Å². The first-order valence-corrected chi connectivity index (χ1v) is 13.9. The summed E-state index contributed by atoms with van der Waals surface area (Å²) in [5.41, 5.74) is 0.739. The van der Waals surface area contributed by atoms with E-state index in [0.717, 1.165) is 10.8 Å². The highest BCUT2D eigenvalue weighted by atomic mass is 19.3. The summed E-state index contributed by atoms with van der Waals surface area (Å²) in [5.74, 6) is -0.979. The first-order chi connectivity index (χ1) is 20.7. The van der Waals surface area contributed by atoms with E-state index in [1.54, 1.807) is 46.8 Å². The van der Waals surface area contributed by atoms with Gasteiger partial charge in [0.25, 0.3) is 0 Å². The summed E-state index contributed by atoms with van der Waals surface area (Å²) in [6.45, 7) is 5.97. The number of alkyl halides is 2. The van der Waals surface area contributed by atoms with Crippen molar-refractivity contribution in [2.45, 2.75) is 59.7 Å². The first kappa shape index (κ1) is 29.2. The molecule has 0 aliphatic carbocycles. The summed E-state index contributed by atoms with van der Waals surface area (Å²) in [6, 6.07) is 5.71. The lowest BCUT2D eigenvalue weighted by Gasteiger charge is -2.29. The van der Waals surface area contributed by atoms with E-state index in [1.165, 1.54) is 38.7 Å². The van der Waals surface area contributed by atoms with Crippen LogP contribution in [0, 0.1) is 25.5 Å². The van der Waals surface area contributed by atoms with Gasteiger partial charge in [-0.25, -0.2) is 27.7 Å². The molecule has 0 spiro atoms. The number of ether oxygens (including phenoxy) is 1. The van der Waals surface area contributed by atoms with Gasteiger partial charge in [-0.15, -0.1) is 0 Å². The fourth-order valence-electron chi connectivity index (χ4n) is 5.45. The average molecular weight is 612 g/mol. The van der Waals surface area contributed by atoms with E-state index in [9.17, 15) is 22.8 Å². The molecule has 6 rings (SSSR count). The predicted octanol–water partition coefficient (Wildman–Crippen LogP) is 5.75. The van der Waals surface area contributed by atoms with Crippen molar-refractivity contribution in [2.75, 3.05) is 6.54 Å². The number of halogens is 4. The Morgan fingerprint density at radius 1 is 1.02 bits per heavy atom. The molecule has 0 unspecified atom stereocenters. The van der Waals surface area contributed by atoms with Crippen LogP contribution in [0.15, 0.2) is 47.7 Å². The van der Waals surface area contributed by atoms with Crippen molar-refractivity contribution in [1.82, 2.24) is 33.6 Å². The Balaban J connectivity index is 1.51. The van der Waals surface area contributed by atoms with Crippen LogP contribution < -0.4 is 5.69 Å². The molecule has 0 bridgehead atoms. The Bertz CT molecular complexity index is 1970. The molecule has 44 heavy (non-hydrogen) atoms. The maximum Gasteiger partial charge on any atom is 0.410 e. The lowest BCUT2D eigenvalue weighted by atomic mass is 10.1. The smallest absolute Gasteiger partial charge is 0.410 e. The van der Waals surface area contributed by atoms with Gasteiger partial charge in [0.05, 0.1) is 40.7 Å². The van der Waals surface area contributed by atoms with Gasteiger partial charge in [0, 0.05) is 30.9 Å². The second-order valence-electron chi connectivity index (χ2n) is 11.7. The maximum absolute atomic E-state index is 15.6. The van der Waals surface area contributed by atoms with Crippen LogP contribution in [-0.2, 0) is 17.7 Å². The number of imidazole rings is 1. The van der Waals surface area contributed by atoms with E-state index in [-0.39, 0.29) is 34.8 Å². The zero-order chi connectivity index (χ0) is 31.7. The molecule has 0 fully saturated rings. The van der Waals surface area contributed by atoms with Crippen LogP contribution in [0.5, 0.6) is 0 Å². The van der Waals surface area contributed by atoms with Crippen LogP contribution in [0.2, 0.25) is 0 Å². The molecule has 3 aromatic heterocycles. The molecule has 10 nitrogen and oxygen atoms in total. The van der Waals surface area contributed by atoms with E-state index in [1.807, 2.05) is 0 Å². The van der Waals surface area contributed by atoms with Crippen molar-refractivity contribution in [3.8, 4) is 17.2 Å². The standard InChI is InChI=1S/C30H29F4N7O3/c1-16-12-18(13-17(2)24(16)31)40-26(20-15-37(9-8-21(20)36-40)29(43)44-30(3,4)5)39-11-10-38(28(39)42)23-7-6-22-19(25(23)32)14-35-41(22)27(33)34/h6-7,10-14,27H,8-9,15H2,1-5H3. The highest BCUT2D eigenvalue weighted by Crippen LogP contribution is 2.31. The van der Waals surface area contributed by atoms with Crippen molar-refractivity contribution in [2.24, 2.45) is 0 Å². The SMILES string of the molecule is Cc1cc(-n2nc3c(c2-n2ccn(-c4ccc5c(cnn5C(F)F)c4F)c2=O)CN(C(=O)OC(C)(C)C)CC3)cc(C)c1F. The molecule has 4 heterocycles. The molecule has 2 aromatic carbocycles. The van der Waals surface area contributed by atoms with Crippen molar-refractivity contribution in [1.29, 1.82) is 0 Å². The van der Waals surface area contributed by atoms with Gasteiger partial charge in [0.1, 0.15) is 17.2 Å². The number of hydrogen-bond donors (Lipinski definition) is 0. The minimum atomic E-state index is -2.97. The molecule has 0 N–H and O–H groups in total.